The fraction of sp³-hybridized carbons (Fsp3) is 0.0227. The Labute approximate surface area is 277 Å². The van der Waals surface area contributed by atoms with E-state index in [4.69, 9.17) is 0 Å². The summed E-state index contributed by atoms with van der Waals surface area (Å²) in [5, 5.41) is 0. The molecule has 0 bridgehead atoms. The Kier molecular flexibility index (Phi) is 6.10. The van der Waals surface area contributed by atoms with Crippen molar-refractivity contribution in [2.75, 3.05) is 0 Å². The molecule has 1 spiro atoms. The number of hydrogen-bond donors (Lipinski definition) is 0. The van der Waals surface area contributed by atoms with Gasteiger partial charge in [0, 0.05) is 15.6 Å². The van der Waals surface area contributed by atoms with E-state index in [1.165, 1.54) is 22.3 Å². The van der Waals surface area contributed by atoms with Crippen LogP contribution in [0.3, 0.4) is 0 Å². The lowest BCUT2D eigenvalue weighted by atomic mass is 9.61. The van der Waals surface area contributed by atoms with Crippen molar-refractivity contribution in [2.24, 2.45) is 0 Å². The first-order valence-corrected chi connectivity index (χ1v) is 16.4. The van der Waals surface area contributed by atoms with Crippen molar-refractivity contribution < 1.29 is 4.79 Å². The average Bonchev–Trinajstić information content (AvgIpc) is 3.42. The first-order chi connectivity index (χ1) is 22.6. The second kappa shape index (κ2) is 10.4. The van der Waals surface area contributed by atoms with Crippen molar-refractivity contribution in [3.8, 4) is 44.5 Å². The Morgan fingerprint density at radius 2 is 0.783 bits per heavy atom. The van der Waals surface area contributed by atoms with Crippen molar-refractivity contribution in [3.63, 3.8) is 0 Å². The molecular formula is C44H27BrO. The molecule has 1 nitrogen and oxygen atoms in total. The molecule has 0 N–H and O–H groups in total. The predicted octanol–water partition coefficient (Wildman–Crippen LogP) is 11.4. The highest BCUT2D eigenvalue weighted by molar-refractivity contribution is 9.10. The van der Waals surface area contributed by atoms with E-state index < -0.39 is 5.41 Å². The van der Waals surface area contributed by atoms with E-state index in [2.05, 4.69) is 162 Å². The van der Waals surface area contributed by atoms with Gasteiger partial charge in [-0.1, -0.05) is 143 Å². The van der Waals surface area contributed by atoms with Crippen molar-refractivity contribution in [2.45, 2.75) is 5.41 Å². The number of halogens is 1. The molecule has 7 aromatic rings. The third kappa shape index (κ3) is 3.90. The number of rotatable bonds is 3. The summed E-state index contributed by atoms with van der Waals surface area (Å²) in [6.45, 7) is 0. The Hall–Kier alpha value is -5.31. The summed E-state index contributed by atoms with van der Waals surface area (Å²) in [5.41, 5.74) is 14.6. The molecule has 0 radical (unpaired) electrons. The number of hydrogen-bond acceptors (Lipinski definition) is 1. The zero-order chi connectivity index (χ0) is 30.8. The van der Waals surface area contributed by atoms with Crippen LogP contribution in [0.4, 0.5) is 0 Å². The zero-order valence-corrected chi connectivity index (χ0v) is 26.5. The molecule has 7 aromatic carbocycles. The molecule has 0 saturated carbocycles. The van der Waals surface area contributed by atoms with Crippen molar-refractivity contribution in [3.05, 3.63) is 202 Å². The average molecular weight is 652 g/mol. The van der Waals surface area contributed by atoms with Gasteiger partial charge in [0.15, 0.2) is 5.78 Å². The molecule has 46 heavy (non-hydrogen) atoms. The number of ketones is 1. The predicted molar refractivity (Wildman–Crippen MR) is 191 cm³/mol. The first-order valence-electron chi connectivity index (χ1n) is 15.6. The highest BCUT2D eigenvalue weighted by Crippen LogP contribution is 2.59. The Morgan fingerprint density at radius 3 is 1.35 bits per heavy atom. The standard InChI is InChI=1S/C44H27BrO/c45-34-20-22-42-38(27-34)43(46)37-26-30(19-21-41(37)44(42)39-17-9-7-15-35(39)36-16-8-10-18-40(36)44)33-24-31(28-11-3-1-4-12-28)23-32(25-33)29-13-5-2-6-14-29/h1-27H. The van der Waals surface area contributed by atoms with Crippen LogP contribution in [0, 0.1) is 0 Å². The fourth-order valence-electron chi connectivity index (χ4n) is 7.76. The molecule has 2 aliphatic rings. The maximum atomic E-state index is 14.6. The maximum absolute atomic E-state index is 14.6. The van der Waals surface area contributed by atoms with E-state index in [-0.39, 0.29) is 5.78 Å². The van der Waals surface area contributed by atoms with Gasteiger partial charge < -0.3 is 0 Å². The summed E-state index contributed by atoms with van der Waals surface area (Å²) in [6, 6.07) is 57.9. The molecule has 0 heterocycles. The molecule has 9 rings (SSSR count). The maximum Gasteiger partial charge on any atom is 0.193 e. The van der Waals surface area contributed by atoms with Crippen LogP contribution in [0.15, 0.2) is 168 Å². The van der Waals surface area contributed by atoms with Crippen LogP contribution in [0.2, 0.25) is 0 Å². The lowest BCUT2D eigenvalue weighted by Crippen LogP contribution is -2.36. The van der Waals surface area contributed by atoms with E-state index in [0.717, 1.165) is 60.1 Å². The van der Waals surface area contributed by atoms with Crippen LogP contribution in [0.25, 0.3) is 44.5 Å². The third-order valence-electron chi connectivity index (χ3n) is 9.73. The van der Waals surface area contributed by atoms with Crippen LogP contribution in [-0.2, 0) is 5.41 Å². The molecule has 0 fully saturated rings. The first kappa shape index (κ1) is 27.0. The molecule has 0 amide bonds. The quantitative estimate of drug-likeness (QED) is 0.186. The monoisotopic (exact) mass is 650 g/mol. The lowest BCUT2D eigenvalue weighted by molar-refractivity contribution is 0.103. The van der Waals surface area contributed by atoms with Gasteiger partial charge in [0.2, 0.25) is 0 Å². The SMILES string of the molecule is O=C1c2cc(Br)ccc2C2(c3ccc(-c4cc(-c5ccccc5)cc(-c5ccccc5)c4)cc31)c1ccccc1-c1ccccc12. The molecule has 0 aliphatic heterocycles. The van der Waals surface area contributed by atoms with Gasteiger partial charge in [-0.05, 0) is 103 Å². The van der Waals surface area contributed by atoms with Gasteiger partial charge in [0.1, 0.15) is 0 Å². The summed E-state index contributed by atoms with van der Waals surface area (Å²) in [5.74, 6) is 0.0585. The Morgan fingerprint density at radius 1 is 0.348 bits per heavy atom. The molecule has 0 aromatic heterocycles. The van der Waals surface area contributed by atoms with Crippen molar-refractivity contribution in [1.82, 2.24) is 0 Å². The van der Waals surface area contributed by atoms with Crippen LogP contribution < -0.4 is 0 Å². The summed E-state index contributed by atoms with van der Waals surface area (Å²) in [4.78, 5) is 14.6. The topological polar surface area (TPSA) is 17.1 Å². The zero-order valence-electron chi connectivity index (χ0n) is 24.9. The molecule has 0 saturated heterocycles. The second-order valence-electron chi connectivity index (χ2n) is 12.2. The molecule has 0 atom stereocenters. The summed E-state index contributed by atoms with van der Waals surface area (Å²) < 4.78 is 0.900. The van der Waals surface area contributed by atoms with Gasteiger partial charge in [0.25, 0.3) is 0 Å². The van der Waals surface area contributed by atoms with Gasteiger partial charge in [-0.25, -0.2) is 0 Å². The van der Waals surface area contributed by atoms with Crippen LogP contribution in [0.1, 0.15) is 38.2 Å². The highest BCUT2D eigenvalue weighted by atomic mass is 79.9. The molecule has 216 valence electrons. The van der Waals surface area contributed by atoms with Gasteiger partial charge in [-0.2, -0.15) is 0 Å². The highest BCUT2D eigenvalue weighted by Gasteiger charge is 2.51. The molecule has 0 unspecified atom stereocenters. The van der Waals surface area contributed by atoms with E-state index >= 15 is 0 Å². The smallest absolute Gasteiger partial charge is 0.193 e. The Bertz CT molecular complexity index is 2230. The number of carbonyl (C=O) groups excluding carboxylic acids is 1. The van der Waals surface area contributed by atoms with E-state index in [0.29, 0.717) is 0 Å². The van der Waals surface area contributed by atoms with Gasteiger partial charge in [-0.15, -0.1) is 0 Å². The van der Waals surface area contributed by atoms with Gasteiger partial charge in [-0.3, -0.25) is 4.79 Å². The largest absolute Gasteiger partial charge is 0.289 e. The van der Waals surface area contributed by atoms with Gasteiger partial charge in [0.05, 0.1) is 5.41 Å². The summed E-state index contributed by atoms with van der Waals surface area (Å²) in [7, 11) is 0. The summed E-state index contributed by atoms with van der Waals surface area (Å²) >= 11 is 3.68. The van der Waals surface area contributed by atoms with E-state index in [9.17, 15) is 4.79 Å². The second-order valence-corrected chi connectivity index (χ2v) is 13.1. The van der Waals surface area contributed by atoms with Gasteiger partial charge >= 0.3 is 0 Å². The lowest BCUT2D eigenvalue weighted by Gasteiger charge is -2.39. The minimum Gasteiger partial charge on any atom is -0.289 e. The van der Waals surface area contributed by atoms with Crippen LogP contribution >= 0.6 is 15.9 Å². The van der Waals surface area contributed by atoms with E-state index in [1.54, 1.807) is 0 Å². The minimum absolute atomic E-state index is 0.0585. The van der Waals surface area contributed by atoms with Crippen molar-refractivity contribution in [1.29, 1.82) is 0 Å². The molecule has 2 heteroatoms. The third-order valence-corrected chi connectivity index (χ3v) is 10.2. The molecule has 2 aliphatic carbocycles. The van der Waals surface area contributed by atoms with Crippen LogP contribution in [0.5, 0.6) is 0 Å². The number of carbonyl (C=O) groups is 1. The fourth-order valence-corrected chi connectivity index (χ4v) is 8.13. The summed E-state index contributed by atoms with van der Waals surface area (Å²) in [6.07, 6.45) is 0. The minimum atomic E-state index is -0.591. The normalized spacial score (nSPS) is 13.5. The van der Waals surface area contributed by atoms with Crippen molar-refractivity contribution >= 4 is 21.7 Å². The number of fused-ring (bicyclic) bond motifs is 9. The van der Waals surface area contributed by atoms with E-state index in [1.807, 2.05) is 18.2 Å². The van der Waals surface area contributed by atoms with Crippen LogP contribution in [-0.4, -0.2) is 5.78 Å². The number of benzene rings is 7. The molecular weight excluding hydrogens is 624 g/mol. The Balaban J connectivity index is 1.32.